The molecule has 3 atom stereocenters. The lowest BCUT2D eigenvalue weighted by molar-refractivity contribution is 0.366. The van der Waals surface area contributed by atoms with Crippen LogP contribution in [0.25, 0.3) is 21.9 Å². The van der Waals surface area contributed by atoms with Gasteiger partial charge in [0.2, 0.25) is 0 Å². The molecule has 0 amide bonds. The van der Waals surface area contributed by atoms with E-state index in [9.17, 15) is 0 Å². The summed E-state index contributed by atoms with van der Waals surface area (Å²) in [6.07, 6.45) is 14.7. The molecule has 0 radical (unpaired) electrons. The van der Waals surface area contributed by atoms with Crippen LogP contribution in [0.2, 0.25) is 0 Å². The van der Waals surface area contributed by atoms with Crippen molar-refractivity contribution in [2.75, 3.05) is 4.90 Å². The zero-order valence-corrected chi connectivity index (χ0v) is 27.4. The van der Waals surface area contributed by atoms with Crippen LogP contribution in [0.1, 0.15) is 93.2 Å². The summed E-state index contributed by atoms with van der Waals surface area (Å²) in [7, 11) is 0. The van der Waals surface area contributed by atoms with Crippen LogP contribution in [0.4, 0.5) is 17.1 Å². The maximum Gasteiger partial charge on any atom is 0.135 e. The maximum absolute atomic E-state index is 6.23. The normalized spacial score (nSPS) is 22.3. The Morgan fingerprint density at radius 1 is 0.532 bits per heavy atom. The molecule has 47 heavy (non-hydrogen) atoms. The molecule has 2 heteroatoms. The van der Waals surface area contributed by atoms with Crippen molar-refractivity contribution in [3.63, 3.8) is 0 Å². The van der Waals surface area contributed by atoms with Gasteiger partial charge in [-0.25, -0.2) is 0 Å². The lowest BCUT2D eigenvalue weighted by atomic mass is 9.67. The summed E-state index contributed by atoms with van der Waals surface area (Å²) in [5, 5.41) is 2.33. The number of nitrogens with zero attached hydrogens (tertiary/aromatic N) is 1. The molecule has 2 nitrogen and oxygen atoms in total. The van der Waals surface area contributed by atoms with Gasteiger partial charge in [-0.3, -0.25) is 0 Å². The van der Waals surface area contributed by atoms with Gasteiger partial charge >= 0.3 is 0 Å². The summed E-state index contributed by atoms with van der Waals surface area (Å²) in [5.41, 5.74) is 9.97. The van der Waals surface area contributed by atoms with Gasteiger partial charge in [-0.15, -0.1) is 0 Å². The first-order chi connectivity index (χ1) is 23.2. The van der Waals surface area contributed by atoms with Crippen molar-refractivity contribution in [2.45, 2.75) is 82.0 Å². The number of rotatable bonds is 6. The second-order valence-corrected chi connectivity index (χ2v) is 14.7. The van der Waals surface area contributed by atoms with Crippen molar-refractivity contribution in [3.8, 4) is 0 Å². The minimum Gasteiger partial charge on any atom is -0.456 e. The summed E-state index contributed by atoms with van der Waals surface area (Å²) in [4.78, 5) is 2.45. The SMILES string of the molecule is c1ccc(C2(c3ccc(N(c4ccc(C5CC6CCC5C6)cc4)c4ccc5oc6ccccc6c5c4)cc3)CCCCCCC2)cc1. The molecule has 2 bridgehead atoms. The van der Waals surface area contributed by atoms with E-state index in [1.807, 2.05) is 0 Å². The lowest BCUT2D eigenvalue weighted by Gasteiger charge is -2.37. The highest BCUT2D eigenvalue weighted by Crippen LogP contribution is 2.53. The zero-order chi connectivity index (χ0) is 31.2. The van der Waals surface area contributed by atoms with Crippen molar-refractivity contribution in [2.24, 2.45) is 11.8 Å². The lowest BCUT2D eigenvalue weighted by Crippen LogP contribution is -2.29. The molecule has 5 aromatic carbocycles. The van der Waals surface area contributed by atoms with Gasteiger partial charge in [-0.2, -0.15) is 0 Å². The molecule has 3 aliphatic carbocycles. The van der Waals surface area contributed by atoms with E-state index in [1.165, 1.54) is 104 Å². The summed E-state index contributed by atoms with van der Waals surface area (Å²) in [6.45, 7) is 0. The summed E-state index contributed by atoms with van der Waals surface area (Å²) in [6, 6.07) is 45.6. The van der Waals surface area contributed by atoms with Crippen LogP contribution in [0.15, 0.2) is 126 Å². The van der Waals surface area contributed by atoms with E-state index >= 15 is 0 Å². The van der Waals surface area contributed by atoms with Crippen molar-refractivity contribution >= 4 is 39.0 Å². The number of para-hydroxylation sites is 1. The average molecular weight is 616 g/mol. The van der Waals surface area contributed by atoms with Crippen LogP contribution < -0.4 is 4.90 Å². The van der Waals surface area contributed by atoms with E-state index < -0.39 is 0 Å². The van der Waals surface area contributed by atoms with E-state index in [0.29, 0.717) is 0 Å². The highest BCUT2D eigenvalue weighted by molar-refractivity contribution is 6.06. The number of furan rings is 1. The first-order valence-corrected chi connectivity index (χ1v) is 18.2. The van der Waals surface area contributed by atoms with Crippen LogP contribution in [-0.2, 0) is 5.41 Å². The molecule has 3 unspecified atom stereocenters. The monoisotopic (exact) mass is 615 g/mol. The Bertz CT molecular complexity index is 1980. The molecule has 6 aromatic rings. The summed E-state index contributed by atoms with van der Waals surface area (Å²) < 4.78 is 6.23. The highest BCUT2D eigenvalue weighted by Gasteiger charge is 2.40. The number of hydrogen-bond donors (Lipinski definition) is 0. The standard InChI is InChI=1S/C45H45NO/c1-2-9-27-45(28-10-3-1,35-11-5-4-6-12-35)36-19-23-38(24-20-36)46(37-21-17-33(18-22-37)41-30-32-15-16-34(41)29-32)39-25-26-44-42(31-39)40-13-7-8-14-43(40)47-44/h4-8,11-14,17-26,31-32,34,41H,1-3,9-10,15-16,27-30H2. The molecule has 3 aliphatic rings. The van der Waals surface area contributed by atoms with Gasteiger partial charge in [0.15, 0.2) is 0 Å². The molecule has 0 aliphatic heterocycles. The van der Waals surface area contributed by atoms with Gasteiger partial charge in [0, 0.05) is 33.2 Å². The van der Waals surface area contributed by atoms with E-state index in [1.54, 1.807) is 0 Å². The van der Waals surface area contributed by atoms with Gasteiger partial charge in [-0.1, -0.05) is 111 Å². The molecule has 0 N–H and O–H groups in total. The second kappa shape index (κ2) is 12.1. The fourth-order valence-electron chi connectivity index (χ4n) is 9.76. The Hall–Kier alpha value is -4.30. The van der Waals surface area contributed by atoms with Crippen molar-refractivity contribution in [1.82, 2.24) is 0 Å². The summed E-state index contributed by atoms with van der Waals surface area (Å²) >= 11 is 0. The molecule has 1 heterocycles. The molecule has 236 valence electrons. The van der Waals surface area contributed by atoms with Crippen LogP contribution in [0.5, 0.6) is 0 Å². The molecular weight excluding hydrogens is 571 g/mol. The third kappa shape index (κ3) is 5.17. The third-order valence-corrected chi connectivity index (χ3v) is 12.1. The quantitative estimate of drug-likeness (QED) is 0.185. The van der Waals surface area contributed by atoms with Gasteiger partial charge < -0.3 is 9.32 Å². The van der Waals surface area contributed by atoms with Gasteiger partial charge in [0.25, 0.3) is 0 Å². The van der Waals surface area contributed by atoms with Crippen LogP contribution in [0.3, 0.4) is 0 Å². The molecule has 1 aromatic heterocycles. The fraction of sp³-hybridized carbons (Fsp3) is 0.333. The Kier molecular flexibility index (Phi) is 7.41. The zero-order valence-electron chi connectivity index (χ0n) is 27.4. The van der Waals surface area contributed by atoms with E-state index in [0.717, 1.165) is 40.0 Å². The van der Waals surface area contributed by atoms with Crippen LogP contribution in [-0.4, -0.2) is 0 Å². The molecule has 9 rings (SSSR count). The van der Waals surface area contributed by atoms with Gasteiger partial charge in [-0.05, 0) is 115 Å². The molecular formula is C45H45NO. The molecule has 0 saturated heterocycles. The number of hydrogen-bond acceptors (Lipinski definition) is 2. The Morgan fingerprint density at radius 3 is 1.89 bits per heavy atom. The first kappa shape index (κ1) is 28.9. The van der Waals surface area contributed by atoms with Crippen molar-refractivity contribution in [3.05, 3.63) is 138 Å². The number of fused-ring (bicyclic) bond motifs is 5. The van der Waals surface area contributed by atoms with E-state index in [2.05, 4.69) is 126 Å². The molecule has 3 fully saturated rings. The Labute approximate surface area is 279 Å². The van der Waals surface area contributed by atoms with E-state index in [-0.39, 0.29) is 5.41 Å². The molecule has 0 spiro atoms. The predicted molar refractivity (Wildman–Crippen MR) is 196 cm³/mol. The highest BCUT2D eigenvalue weighted by atomic mass is 16.3. The number of anilines is 3. The smallest absolute Gasteiger partial charge is 0.135 e. The van der Waals surface area contributed by atoms with Crippen LogP contribution >= 0.6 is 0 Å². The Balaban J connectivity index is 1.13. The minimum absolute atomic E-state index is 0.0714. The van der Waals surface area contributed by atoms with Crippen molar-refractivity contribution < 1.29 is 4.42 Å². The third-order valence-electron chi connectivity index (χ3n) is 12.1. The van der Waals surface area contributed by atoms with Gasteiger partial charge in [0.1, 0.15) is 11.2 Å². The first-order valence-electron chi connectivity index (χ1n) is 18.2. The Morgan fingerprint density at radius 2 is 1.17 bits per heavy atom. The summed E-state index contributed by atoms with van der Waals surface area (Å²) in [5.74, 6) is 2.58. The second-order valence-electron chi connectivity index (χ2n) is 14.7. The number of benzene rings is 5. The van der Waals surface area contributed by atoms with E-state index in [4.69, 9.17) is 4.42 Å². The maximum atomic E-state index is 6.23. The van der Waals surface area contributed by atoms with Crippen molar-refractivity contribution in [1.29, 1.82) is 0 Å². The average Bonchev–Trinajstić information content (AvgIpc) is 3.85. The minimum atomic E-state index is 0.0714. The topological polar surface area (TPSA) is 16.4 Å². The fourth-order valence-corrected chi connectivity index (χ4v) is 9.76. The predicted octanol–water partition coefficient (Wildman–Crippen LogP) is 13.0. The molecule has 3 saturated carbocycles. The van der Waals surface area contributed by atoms with Crippen LogP contribution in [0, 0.1) is 11.8 Å². The van der Waals surface area contributed by atoms with Gasteiger partial charge in [0.05, 0.1) is 0 Å². The largest absolute Gasteiger partial charge is 0.456 e.